The van der Waals surface area contributed by atoms with Gasteiger partial charge in [-0.05, 0) is 8.17 Å². The van der Waals surface area contributed by atoms with Gasteiger partial charge in [-0.25, -0.2) is 22.4 Å². The largest absolute Gasteiger partial charge is 0.478 e. The fourth-order valence-corrected chi connectivity index (χ4v) is 1.81. The van der Waals surface area contributed by atoms with Crippen LogP contribution in [0.4, 0.5) is 17.6 Å². The molecule has 0 aromatic heterocycles. The number of carbonyl (C=O) groups is 2. The van der Waals surface area contributed by atoms with E-state index in [0.29, 0.717) is 0 Å². The number of carboxylic acids is 1. The number of likely N-dealkylation sites (tertiary alicyclic amines) is 1. The zero-order chi connectivity index (χ0) is 18.1. The maximum atomic E-state index is 12.2. The van der Waals surface area contributed by atoms with Gasteiger partial charge in [-0.3, -0.25) is 4.79 Å². The minimum Gasteiger partial charge on any atom is -0.478 e. The van der Waals surface area contributed by atoms with Crippen molar-refractivity contribution in [3.8, 4) is 0 Å². The predicted molar refractivity (Wildman–Crippen MR) is 101 cm³/mol. The van der Waals surface area contributed by atoms with Crippen LogP contribution in [0.1, 0.15) is 0 Å². The van der Waals surface area contributed by atoms with Gasteiger partial charge in [0.1, 0.15) is 0 Å². The second-order valence-electron chi connectivity index (χ2n) is 4.43. The molecular formula is C12H15ClF4I2N2O3. The lowest BCUT2D eigenvalue weighted by molar-refractivity contribution is -0.160. The molecule has 0 spiro atoms. The number of amides is 1. The number of nitrogens with zero attached hydrogens (tertiary/aromatic N) is 1. The van der Waals surface area contributed by atoms with Crippen molar-refractivity contribution in [2.45, 2.75) is 11.8 Å². The van der Waals surface area contributed by atoms with E-state index < -0.39 is 30.9 Å². The Morgan fingerprint density at radius 1 is 1.00 bits per heavy atom. The predicted octanol–water partition coefficient (Wildman–Crippen LogP) is 3.08. The highest BCUT2D eigenvalue weighted by Crippen LogP contribution is 2.26. The number of hydrogen-bond acceptors (Lipinski definition) is 3. The second kappa shape index (κ2) is 12.2. The standard InChI is InChI=1S/C6H6F2INO.C3H5F2N.C3H3IO2.ClH/c7-6(8)3-10(4-6)5(11)1-2-9;4-3(5)1-6-2-3;4-2-1-3(5)6;/h1-2H,3-4H2;6H,1-2H2;1-2H,(H,5,6);1H/b2-1-;;2-1-;. The molecule has 2 saturated heterocycles. The van der Waals surface area contributed by atoms with Crippen molar-refractivity contribution in [1.29, 1.82) is 0 Å². The summed E-state index contributed by atoms with van der Waals surface area (Å²) in [5.41, 5.74) is 0. The van der Waals surface area contributed by atoms with Crippen molar-refractivity contribution < 1.29 is 32.3 Å². The third-order valence-corrected chi connectivity index (χ3v) is 3.05. The Morgan fingerprint density at radius 3 is 1.58 bits per heavy atom. The zero-order valence-corrected chi connectivity index (χ0v) is 17.2. The Morgan fingerprint density at radius 2 is 1.42 bits per heavy atom. The second-order valence-corrected chi connectivity index (χ2v) is 5.87. The summed E-state index contributed by atoms with van der Waals surface area (Å²) >= 11 is 3.71. The maximum absolute atomic E-state index is 12.2. The van der Waals surface area contributed by atoms with Crippen molar-refractivity contribution >= 4 is 69.5 Å². The van der Waals surface area contributed by atoms with Gasteiger partial charge in [0.15, 0.2) is 0 Å². The molecule has 140 valence electrons. The Balaban J connectivity index is 0. The van der Waals surface area contributed by atoms with Gasteiger partial charge < -0.3 is 15.3 Å². The molecule has 1 amide bonds. The molecule has 0 aliphatic carbocycles. The Hall–Kier alpha value is -0.150. The topological polar surface area (TPSA) is 69.6 Å². The molecule has 2 aliphatic heterocycles. The fraction of sp³-hybridized carbons (Fsp3) is 0.500. The van der Waals surface area contributed by atoms with E-state index in [4.69, 9.17) is 5.11 Å². The van der Waals surface area contributed by atoms with Crippen molar-refractivity contribution in [3.05, 3.63) is 20.3 Å². The van der Waals surface area contributed by atoms with Crippen LogP contribution >= 0.6 is 57.6 Å². The lowest BCUT2D eigenvalue weighted by Crippen LogP contribution is -2.57. The van der Waals surface area contributed by atoms with Crippen LogP contribution in [-0.4, -0.2) is 59.9 Å². The average Bonchev–Trinajstić information content (AvgIpc) is 2.36. The van der Waals surface area contributed by atoms with Gasteiger partial charge >= 0.3 is 5.97 Å². The molecule has 2 heterocycles. The highest BCUT2D eigenvalue weighted by molar-refractivity contribution is 14.1. The van der Waals surface area contributed by atoms with E-state index in [1.54, 1.807) is 0 Å². The Labute approximate surface area is 169 Å². The smallest absolute Gasteiger partial charge is 0.328 e. The zero-order valence-electron chi connectivity index (χ0n) is 12.0. The summed E-state index contributed by atoms with van der Waals surface area (Å²) in [5, 5.41) is 10.3. The van der Waals surface area contributed by atoms with E-state index >= 15 is 0 Å². The van der Waals surface area contributed by atoms with Crippen molar-refractivity contribution in [1.82, 2.24) is 10.2 Å². The molecule has 5 nitrogen and oxygen atoms in total. The first-order valence-electron chi connectivity index (χ1n) is 6.05. The van der Waals surface area contributed by atoms with Crippen LogP contribution in [-0.2, 0) is 9.59 Å². The minimum absolute atomic E-state index is 0. The monoisotopic (exact) mass is 600 g/mol. The summed E-state index contributed by atoms with van der Waals surface area (Å²) < 4.78 is 50.2. The third-order valence-electron chi connectivity index (χ3n) is 2.33. The van der Waals surface area contributed by atoms with E-state index in [1.165, 1.54) is 14.2 Å². The number of alkyl halides is 4. The van der Waals surface area contributed by atoms with Gasteiger partial charge in [-0.1, -0.05) is 45.2 Å². The van der Waals surface area contributed by atoms with E-state index in [0.717, 1.165) is 11.0 Å². The van der Waals surface area contributed by atoms with Crippen LogP contribution in [0.15, 0.2) is 20.3 Å². The summed E-state index contributed by atoms with van der Waals surface area (Å²) in [6.45, 7) is -1.14. The summed E-state index contributed by atoms with van der Waals surface area (Å²) in [7, 11) is 0. The maximum Gasteiger partial charge on any atom is 0.328 e. The first kappa shape index (κ1) is 26.1. The van der Waals surface area contributed by atoms with Crippen LogP contribution in [0, 0.1) is 0 Å². The third kappa shape index (κ3) is 12.2. The Kier molecular flexibility index (Phi) is 13.3. The van der Waals surface area contributed by atoms with Crippen LogP contribution in [0.3, 0.4) is 0 Å². The molecular weight excluding hydrogens is 585 g/mol. The Bertz CT molecular complexity index is 465. The number of rotatable bonds is 2. The quantitative estimate of drug-likeness (QED) is 0.291. The normalized spacial score (nSPS) is 19.7. The van der Waals surface area contributed by atoms with Gasteiger partial charge in [0.25, 0.3) is 11.8 Å². The summed E-state index contributed by atoms with van der Waals surface area (Å²) in [5.74, 6) is -6.29. The molecule has 0 radical (unpaired) electrons. The first-order chi connectivity index (χ1) is 10.5. The van der Waals surface area contributed by atoms with Gasteiger partial charge in [0, 0.05) is 12.2 Å². The number of halogens is 7. The number of carbonyl (C=O) groups excluding carboxylic acids is 1. The number of nitrogens with one attached hydrogen (secondary N) is 1. The molecule has 0 saturated carbocycles. The molecule has 0 aromatic carbocycles. The van der Waals surface area contributed by atoms with E-state index in [2.05, 4.69) is 5.32 Å². The van der Waals surface area contributed by atoms with Gasteiger partial charge in [-0.15, -0.1) is 12.4 Å². The van der Waals surface area contributed by atoms with Gasteiger partial charge in [-0.2, -0.15) is 0 Å². The number of carboxylic acid groups (broad SMARTS) is 1. The van der Waals surface area contributed by atoms with Crippen molar-refractivity contribution in [3.63, 3.8) is 0 Å². The van der Waals surface area contributed by atoms with Crippen molar-refractivity contribution in [2.75, 3.05) is 26.2 Å². The minimum atomic E-state index is -2.66. The first-order valence-corrected chi connectivity index (χ1v) is 8.54. The van der Waals surface area contributed by atoms with Crippen LogP contribution in [0.2, 0.25) is 0 Å². The lowest BCUT2D eigenvalue weighted by atomic mass is 10.1. The molecule has 0 aromatic rings. The summed E-state index contributed by atoms with van der Waals surface area (Å²) in [6.07, 6.45) is 2.34. The van der Waals surface area contributed by atoms with Crippen LogP contribution in [0.25, 0.3) is 0 Å². The highest BCUT2D eigenvalue weighted by Gasteiger charge is 2.45. The summed E-state index contributed by atoms with van der Waals surface area (Å²) in [4.78, 5) is 21.4. The molecule has 2 aliphatic rings. The van der Waals surface area contributed by atoms with Crippen LogP contribution in [0.5, 0.6) is 0 Å². The average molecular weight is 601 g/mol. The van der Waals surface area contributed by atoms with Gasteiger partial charge in [0.2, 0.25) is 5.91 Å². The van der Waals surface area contributed by atoms with Crippen molar-refractivity contribution in [2.24, 2.45) is 0 Å². The molecule has 2 fully saturated rings. The molecule has 12 heteroatoms. The van der Waals surface area contributed by atoms with Gasteiger partial charge in [0.05, 0.1) is 26.2 Å². The number of aliphatic carboxylic acids is 1. The molecule has 0 atom stereocenters. The molecule has 0 unspecified atom stereocenters. The van der Waals surface area contributed by atoms with Crippen LogP contribution < -0.4 is 5.32 Å². The molecule has 0 bridgehead atoms. The fourth-order valence-electron chi connectivity index (χ4n) is 1.20. The molecule has 2 rings (SSSR count). The van der Waals surface area contributed by atoms with E-state index in [-0.39, 0.29) is 31.4 Å². The molecule has 2 N–H and O–H groups in total. The lowest BCUT2D eigenvalue weighted by Gasteiger charge is -2.37. The van der Waals surface area contributed by atoms with E-state index in [9.17, 15) is 27.2 Å². The SMILES string of the molecule is Cl.FC1(F)CNC1.O=C(/C=C\I)N1CC(F)(F)C1.O=C(O)/C=C\I. The van der Waals surface area contributed by atoms with E-state index in [1.807, 2.05) is 45.2 Å². The summed E-state index contributed by atoms with van der Waals surface area (Å²) in [6, 6.07) is 0. The number of hydrogen-bond donors (Lipinski definition) is 2. The highest BCUT2D eigenvalue weighted by atomic mass is 127. The molecule has 24 heavy (non-hydrogen) atoms.